The molecule has 3 N–H and O–H groups in total. The van der Waals surface area contributed by atoms with Gasteiger partial charge in [0.25, 0.3) is 10.9 Å². The van der Waals surface area contributed by atoms with Crippen LogP contribution in [0.5, 0.6) is 5.75 Å². The van der Waals surface area contributed by atoms with Crippen LogP contribution in [0.3, 0.4) is 0 Å². The monoisotopic (exact) mass is 273 g/mol. The van der Waals surface area contributed by atoms with Crippen molar-refractivity contribution in [2.45, 2.75) is 0 Å². The van der Waals surface area contributed by atoms with Crippen molar-refractivity contribution >= 4 is 17.1 Å². The van der Waals surface area contributed by atoms with Gasteiger partial charge in [-0.3, -0.25) is 9.59 Å². The van der Waals surface area contributed by atoms with E-state index in [-0.39, 0.29) is 11.4 Å². The van der Waals surface area contributed by atoms with E-state index in [1.165, 1.54) is 0 Å². The third-order valence-corrected chi connectivity index (χ3v) is 3.74. The van der Waals surface area contributed by atoms with Crippen LogP contribution in [0.25, 0.3) is 0 Å². The zero-order chi connectivity index (χ0) is 14.3. The van der Waals surface area contributed by atoms with Gasteiger partial charge in [-0.15, -0.1) is 0 Å². The number of hydrogen-bond donors (Lipinski definition) is 2. The van der Waals surface area contributed by atoms with Crippen LogP contribution in [0.1, 0.15) is 0 Å². The highest BCUT2D eigenvalue weighted by Gasteiger charge is 2.27. The number of phenolic OH excluding ortho intramolecular Hbond substituents is 1. The van der Waals surface area contributed by atoms with Gasteiger partial charge in [-0.25, -0.2) is 0 Å². The SMILES string of the molecule is Nc1c(N2CCN(c3ccccc3O)CC2)c(=O)c1=O. The molecule has 2 aromatic carbocycles. The van der Waals surface area contributed by atoms with Gasteiger partial charge < -0.3 is 20.6 Å². The Balaban J connectivity index is 1.74. The Kier molecular flexibility index (Phi) is 2.85. The van der Waals surface area contributed by atoms with Crippen LogP contribution in [0.15, 0.2) is 33.9 Å². The molecule has 104 valence electrons. The van der Waals surface area contributed by atoms with Crippen molar-refractivity contribution in [3.05, 3.63) is 44.7 Å². The lowest BCUT2D eigenvalue weighted by Crippen LogP contribution is -2.51. The highest BCUT2D eigenvalue weighted by atomic mass is 16.3. The fourth-order valence-corrected chi connectivity index (χ4v) is 2.61. The maximum atomic E-state index is 11.5. The van der Waals surface area contributed by atoms with Crippen molar-refractivity contribution < 1.29 is 5.11 Å². The van der Waals surface area contributed by atoms with E-state index in [2.05, 4.69) is 0 Å². The first-order valence-electron chi connectivity index (χ1n) is 6.46. The van der Waals surface area contributed by atoms with Gasteiger partial charge in [-0.05, 0) is 12.1 Å². The summed E-state index contributed by atoms with van der Waals surface area (Å²) in [5.41, 5.74) is 5.71. The van der Waals surface area contributed by atoms with Gasteiger partial charge in [0, 0.05) is 26.2 Å². The molecule has 0 spiro atoms. The van der Waals surface area contributed by atoms with E-state index in [0.29, 0.717) is 31.9 Å². The van der Waals surface area contributed by atoms with Gasteiger partial charge in [0.2, 0.25) is 0 Å². The summed E-state index contributed by atoms with van der Waals surface area (Å²) < 4.78 is 0. The second kappa shape index (κ2) is 4.56. The van der Waals surface area contributed by atoms with Crippen molar-refractivity contribution in [2.75, 3.05) is 41.7 Å². The van der Waals surface area contributed by atoms with Gasteiger partial charge in [-0.2, -0.15) is 0 Å². The number of hydrogen-bond acceptors (Lipinski definition) is 6. The van der Waals surface area contributed by atoms with Crippen LogP contribution < -0.4 is 26.4 Å². The minimum absolute atomic E-state index is 0.0750. The maximum Gasteiger partial charge on any atom is 0.253 e. The molecular formula is C14H15N3O3. The van der Waals surface area contributed by atoms with Gasteiger partial charge >= 0.3 is 0 Å². The number of para-hydroxylation sites is 2. The minimum Gasteiger partial charge on any atom is -0.506 e. The lowest BCUT2D eigenvalue weighted by Gasteiger charge is -2.37. The Morgan fingerprint density at radius 2 is 1.55 bits per heavy atom. The zero-order valence-electron chi connectivity index (χ0n) is 10.9. The average Bonchev–Trinajstić information content (AvgIpc) is 2.48. The fraction of sp³-hybridized carbons (Fsp3) is 0.286. The highest BCUT2D eigenvalue weighted by molar-refractivity contribution is 5.73. The quantitative estimate of drug-likeness (QED) is 0.743. The molecule has 1 aliphatic rings. The molecule has 3 rings (SSSR count). The molecule has 1 aliphatic heterocycles. The first kappa shape index (κ1) is 12.5. The summed E-state index contributed by atoms with van der Waals surface area (Å²) in [6.07, 6.45) is 0. The number of piperazine rings is 1. The van der Waals surface area contributed by atoms with Crippen LogP contribution >= 0.6 is 0 Å². The predicted octanol–water partition coefficient (Wildman–Crippen LogP) is -0.103. The molecule has 0 aromatic heterocycles. The van der Waals surface area contributed by atoms with Crippen molar-refractivity contribution in [2.24, 2.45) is 0 Å². The molecule has 0 aliphatic carbocycles. The number of benzene rings is 1. The summed E-state index contributed by atoms with van der Waals surface area (Å²) in [6.45, 7) is 2.53. The lowest BCUT2D eigenvalue weighted by molar-refractivity contribution is 0.472. The summed E-state index contributed by atoms with van der Waals surface area (Å²) in [4.78, 5) is 26.5. The Morgan fingerprint density at radius 1 is 0.950 bits per heavy atom. The van der Waals surface area contributed by atoms with E-state index in [1.807, 2.05) is 21.9 Å². The van der Waals surface area contributed by atoms with Gasteiger partial charge in [0.1, 0.15) is 17.1 Å². The summed E-state index contributed by atoms with van der Waals surface area (Å²) in [6, 6.07) is 7.16. The van der Waals surface area contributed by atoms with Crippen molar-refractivity contribution in [3.63, 3.8) is 0 Å². The zero-order valence-corrected chi connectivity index (χ0v) is 10.9. The fourth-order valence-electron chi connectivity index (χ4n) is 2.61. The smallest absolute Gasteiger partial charge is 0.253 e. The van der Waals surface area contributed by atoms with E-state index in [9.17, 15) is 14.7 Å². The third-order valence-electron chi connectivity index (χ3n) is 3.74. The molecule has 2 aromatic rings. The van der Waals surface area contributed by atoms with Crippen molar-refractivity contribution in [1.82, 2.24) is 0 Å². The summed E-state index contributed by atoms with van der Waals surface area (Å²) in [5, 5.41) is 9.83. The van der Waals surface area contributed by atoms with Gasteiger partial charge in [0.05, 0.1) is 5.69 Å². The number of aromatic hydroxyl groups is 1. The Hall–Kier alpha value is -2.50. The molecule has 1 heterocycles. The summed E-state index contributed by atoms with van der Waals surface area (Å²) >= 11 is 0. The van der Waals surface area contributed by atoms with E-state index in [0.717, 1.165) is 5.69 Å². The molecule has 20 heavy (non-hydrogen) atoms. The van der Waals surface area contributed by atoms with Crippen LogP contribution in [0.4, 0.5) is 17.1 Å². The average molecular weight is 273 g/mol. The standard InChI is InChI=1S/C14H15N3O3/c15-11-12(14(20)13(11)19)17-7-5-16(6-8-17)9-3-1-2-4-10(9)18/h1-4,18H,5-8,15H2. The van der Waals surface area contributed by atoms with Crippen LogP contribution in [0.2, 0.25) is 0 Å². The highest BCUT2D eigenvalue weighted by Crippen LogP contribution is 2.28. The van der Waals surface area contributed by atoms with E-state index in [4.69, 9.17) is 5.73 Å². The molecule has 1 saturated heterocycles. The largest absolute Gasteiger partial charge is 0.506 e. The number of anilines is 3. The number of rotatable bonds is 2. The first-order chi connectivity index (χ1) is 9.59. The normalized spacial score (nSPS) is 15.8. The van der Waals surface area contributed by atoms with Gasteiger partial charge in [0.15, 0.2) is 0 Å². The Bertz CT molecular complexity index is 711. The molecule has 0 saturated carbocycles. The molecule has 6 heteroatoms. The maximum absolute atomic E-state index is 11.5. The minimum atomic E-state index is -0.580. The molecule has 0 amide bonds. The number of nitrogens with two attached hydrogens (primary N) is 1. The van der Waals surface area contributed by atoms with Crippen LogP contribution in [-0.2, 0) is 0 Å². The van der Waals surface area contributed by atoms with Crippen LogP contribution in [0, 0.1) is 0 Å². The van der Waals surface area contributed by atoms with Crippen molar-refractivity contribution in [1.29, 1.82) is 0 Å². The van der Waals surface area contributed by atoms with Gasteiger partial charge in [-0.1, -0.05) is 12.1 Å². The predicted molar refractivity (Wildman–Crippen MR) is 78.3 cm³/mol. The van der Waals surface area contributed by atoms with E-state index in [1.54, 1.807) is 12.1 Å². The molecular weight excluding hydrogens is 258 g/mol. The number of phenols is 1. The molecule has 0 atom stereocenters. The molecule has 0 bridgehead atoms. The molecule has 6 nitrogen and oxygen atoms in total. The lowest BCUT2D eigenvalue weighted by atomic mass is 10.1. The van der Waals surface area contributed by atoms with E-state index < -0.39 is 10.9 Å². The number of nitrogens with zero attached hydrogens (tertiary/aromatic N) is 2. The topological polar surface area (TPSA) is 86.9 Å². The molecule has 0 unspecified atom stereocenters. The number of nitrogen functional groups attached to an aromatic ring is 1. The third kappa shape index (κ3) is 1.80. The molecule has 1 fully saturated rings. The van der Waals surface area contributed by atoms with Crippen molar-refractivity contribution in [3.8, 4) is 5.75 Å². The molecule has 0 radical (unpaired) electrons. The Labute approximate surface area is 115 Å². The second-order valence-corrected chi connectivity index (χ2v) is 4.88. The Morgan fingerprint density at radius 3 is 2.15 bits per heavy atom. The van der Waals surface area contributed by atoms with E-state index >= 15 is 0 Å². The summed E-state index contributed by atoms with van der Waals surface area (Å²) in [5.74, 6) is 0.245. The summed E-state index contributed by atoms with van der Waals surface area (Å²) in [7, 11) is 0. The second-order valence-electron chi connectivity index (χ2n) is 4.88. The first-order valence-corrected chi connectivity index (χ1v) is 6.46. The van der Waals surface area contributed by atoms with Crippen LogP contribution in [-0.4, -0.2) is 31.3 Å².